The normalized spacial score (nSPS) is 13.8. The first-order valence-electron chi connectivity index (χ1n) is 12.1. The molecule has 2 amide bonds. The van der Waals surface area contributed by atoms with Gasteiger partial charge in [-0.25, -0.2) is 4.98 Å². The van der Waals surface area contributed by atoms with Gasteiger partial charge in [-0.1, -0.05) is 18.2 Å². The number of benzene rings is 2. The van der Waals surface area contributed by atoms with Crippen LogP contribution < -0.4 is 5.32 Å². The quantitative estimate of drug-likeness (QED) is 0.391. The number of hydrogen-bond donors (Lipinski definition) is 3. The van der Waals surface area contributed by atoms with Crippen LogP contribution >= 0.6 is 0 Å². The largest absolute Gasteiger partial charge is 0.508 e. The molecule has 9 heteroatoms. The van der Waals surface area contributed by atoms with Gasteiger partial charge in [0, 0.05) is 51.4 Å². The minimum absolute atomic E-state index is 0.0540. The van der Waals surface area contributed by atoms with E-state index in [1.807, 2.05) is 29.2 Å². The van der Waals surface area contributed by atoms with E-state index in [-0.39, 0.29) is 17.6 Å². The topological polar surface area (TPSA) is 114 Å². The number of carbonyl (C=O) groups is 2. The molecular weight excluding hydrogens is 468 g/mol. The summed E-state index contributed by atoms with van der Waals surface area (Å²) in [6.45, 7) is 2.74. The van der Waals surface area contributed by atoms with Crippen molar-refractivity contribution in [3.63, 3.8) is 0 Å². The van der Waals surface area contributed by atoms with Crippen molar-refractivity contribution in [2.75, 3.05) is 40.3 Å². The van der Waals surface area contributed by atoms with Crippen LogP contribution in [0.4, 0.5) is 0 Å². The van der Waals surface area contributed by atoms with E-state index in [9.17, 15) is 14.7 Å². The lowest BCUT2D eigenvalue weighted by Gasteiger charge is -2.27. The summed E-state index contributed by atoms with van der Waals surface area (Å²) in [4.78, 5) is 33.9. The molecule has 5 rings (SSSR count). The fourth-order valence-corrected chi connectivity index (χ4v) is 4.33. The molecule has 4 aromatic rings. The minimum atomic E-state index is -0.0727. The van der Waals surface area contributed by atoms with Crippen molar-refractivity contribution in [3.8, 4) is 17.0 Å². The highest BCUT2D eigenvalue weighted by Crippen LogP contribution is 2.29. The SMILES string of the molecule is CN(C)C(=O)c1ccc(/C=C/c2[nH]nc3nc(-c4ccc(O)cc4)cc(C(=O)N4CCNCC4)c23)cc1. The Labute approximate surface area is 214 Å². The Kier molecular flexibility index (Phi) is 6.70. The summed E-state index contributed by atoms with van der Waals surface area (Å²) < 4.78 is 0. The van der Waals surface area contributed by atoms with Gasteiger partial charge in [0.15, 0.2) is 5.65 Å². The standard InChI is InChI=1S/C28H28N6O3/c1-33(2)27(36)20-6-3-18(4-7-20)5-12-23-25-22(28(37)34-15-13-29-14-16-34)17-24(30-26(25)32-31-23)19-8-10-21(35)11-9-19/h3-12,17,29,35H,13-16H2,1-2H3,(H,30,31,32)/b12-5+. The summed E-state index contributed by atoms with van der Waals surface area (Å²) in [6.07, 6.45) is 3.78. The van der Waals surface area contributed by atoms with E-state index in [1.54, 1.807) is 56.6 Å². The molecule has 0 bridgehead atoms. The van der Waals surface area contributed by atoms with Crippen molar-refractivity contribution in [3.05, 3.63) is 77.0 Å². The molecule has 0 radical (unpaired) electrons. The van der Waals surface area contributed by atoms with Crippen molar-refractivity contribution >= 4 is 35.0 Å². The van der Waals surface area contributed by atoms with Gasteiger partial charge >= 0.3 is 0 Å². The maximum Gasteiger partial charge on any atom is 0.254 e. The fraction of sp³-hybridized carbons (Fsp3) is 0.214. The molecule has 1 aliphatic rings. The Bertz CT molecular complexity index is 1470. The first-order valence-corrected chi connectivity index (χ1v) is 12.1. The van der Waals surface area contributed by atoms with E-state index in [0.717, 1.165) is 24.2 Å². The van der Waals surface area contributed by atoms with Gasteiger partial charge in [0.05, 0.1) is 22.3 Å². The third-order valence-corrected chi connectivity index (χ3v) is 6.36. The van der Waals surface area contributed by atoms with Crippen LogP contribution in [-0.2, 0) is 0 Å². The van der Waals surface area contributed by atoms with Crippen LogP contribution in [0.2, 0.25) is 0 Å². The first-order chi connectivity index (χ1) is 17.9. The van der Waals surface area contributed by atoms with Gasteiger partial charge in [-0.2, -0.15) is 5.10 Å². The zero-order valence-corrected chi connectivity index (χ0v) is 20.7. The molecule has 2 aromatic carbocycles. The number of amides is 2. The van der Waals surface area contributed by atoms with Crippen molar-refractivity contribution < 1.29 is 14.7 Å². The molecule has 37 heavy (non-hydrogen) atoms. The highest BCUT2D eigenvalue weighted by atomic mass is 16.3. The molecule has 0 atom stereocenters. The number of hydrogen-bond acceptors (Lipinski definition) is 6. The summed E-state index contributed by atoms with van der Waals surface area (Å²) in [5, 5.41) is 21.1. The highest BCUT2D eigenvalue weighted by Gasteiger charge is 2.24. The number of piperazine rings is 1. The summed E-state index contributed by atoms with van der Waals surface area (Å²) in [5.74, 6) is 0.0337. The van der Waals surface area contributed by atoms with Gasteiger partial charge in [0.25, 0.3) is 11.8 Å². The van der Waals surface area contributed by atoms with Crippen molar-refractivity contribution in [2.45, 2.75) is 0 Å². The molecule has 0 spiro atoms. The van der Waals surface area contributed by atoms with Crippen LogP contribution in [0.15, 0.2) is 54.6 Å². The van der Waals surface area contributed by atoms with E-state index in [2.05, 4.69) is 15.5 Å². The molecule has 1 saturated heterocycles. The summed E-state index contributed by atoms with van der Waals surface area (Å²) in [5.41, 5.74) is 4.54. The summed E-state index contributed by atoms with van der Waals surface area (Å²) >= 11 is 0. The van der Waals surface area contributed by atoms with Crippen LogP contribution in [0.1, 0.15) is 32.0 Å². The van der Waals surface area contributed by atoms with Crippen LogP contribution in [-0.4, -0.2) is 82.2 Å². The third-order valence-electron chi connectivity index (χ3n) is 6.36. The van der Waals surface area contributed by atoms with Gasteiger partial charge in [0.1, 0.15) is 5.75 Å². The summed E-state index contributed by atoms with van der Waals surface area (Å²) in [6, 6.07) is 15.8. The molecule has 0 aliphatic carbocycles. The Morgan fingerprint density at radius 1 is 1.00 bits per heavy atom. The number of rotatable bonds is 5. The Hall–Kier alpha value is -4.50. The molecule has 1 fully saturated rings. The second-order valence-electron chi connectivity index (χ2n) is 9.13. The number of aromatic amines is 1. The van der Waals surface area contributed by atoms with E-state index < -0.39 is 0 Å². The van der Waals surface area contributed by atoms with E-state index in [0.29, 0.717) is 46.6 Å². The van der Waals surface area contributed by atoms with E-state index in [4.69, 9.17) is 4.98 Å². The number of carbonyl (C=O) groups excluding carboxylic acids is 2. The first kappa shape index (κ1) is 24.2. The number of phenolic OH excluding ortho intramolecular Hbond substituents is 1. The molecule has 3 N–H and O–H groups in total. The van der Waals surface area contributed by atoms with E-state index in [1.165, 1.54) is 4.90 Å². The van der Waals surface area contributed by atoms with Crippen LogP contribution in [0.5, 0.6) is 5.75 Å². The van der Waals surface area contributed by atoms with Crippen molar-refractivity contribution in [2.24, 2.45) is 0 Å². The maximum atomic E-state index is 13.7. The lowest BCUT2D eigenvalue weighted by molar-refractivity contribution is 0.0737. The van der Waals surface area contributed by atoms with Gasteiger partial charge in [0.2, 0.25) is 0 Å². The number of pyridine rings is 1. The predicted molar refractivity (Wildman–Crippen MR) is 143 cm³/mol. The molecule has 188 valence electrons. The minimum Gasteiger partial charge on any atom is -0.508 e. The Morgan fingerprint density at radius 3 is 2.38 bits per heavy atom. The summed E-state index contributed by atoms with van der Waals surface area (Å²) in [7, 11) is 3.44. The number of nitrogens with zero attached hydrogens (tertiary/aromatic N) is 4. The average molecular weight is 497 g/mol. The van der Waals surface area contributed by atoms with E-state index >= 15 is 0 Å². The number of H-pyrrole nitrogens is 1. The van der Waals surface area contributed by atoms with Crippen LogP contribution in [0, 0.1) is 0 Å². The monoisotopic (exact) mass is 496 g/mol. The molecular formula is C28H28N6O3. The predicted octanol–water partition coefficient (Wildman–Crippen LogP) is 3.25. The number of aromatic hydroxyl groups is 1. The number of phenols is 1. The zero-order chi connectivity index (χ0) is 25.9. The molecule has 0 unspecified atom stereocenters. The highest BCUT2D eigenvalue weighted by molar-refractivity contribution is 6.09. The molecule has 1 aliphatic heterocycles. The molecule has 2 aromatic heterocycles. The smallest absolute Gasteiger partial charge is 0.254 e. The second-order valence-corrected chi connectivity index (χ2v) is 9.13. The lowest BCUT2D eigenvalue weighted by Crippen LogP contribution is -2.46. The van der Waals surface area contributed by atoms with Crippen molar-refractivity contribution in [1.82, 2.24) is 30.3 Å². The molecule has 9 nitrogen and oxygen atoms in total. The zero-order valence-electron chi connectivity index (χ0n) is 20.7. The fourth-order valence-electron chi connectivity index (χ4n) is 4.33. The van der Waals surface area contributed by atoms with Gasteiger partial charge in [-0.15, -0.1) is 0 Å². The van der Waals surface area contributed by atoms with Gasteiger partial charge in [-0.3, -0.25) is 14.7 Å². The number of fused-ring (bicyclic) bond motifs is 1. The Morgan fingerprint density at radius 2 is 1.70 bits per heavy atom. The Balaban J connectivity index is 1.54. The third kappa shape index (κ3) is 5.07. The van der Waals surface area contributed by atoms with Crippen LogP contribution in [0.25, 0.3) is 34.4 Å². The van der Waals surface area contributed by atoms with Gasteiger partial charge < -0.3 is 20.2 Å². The average Bonchev–Trinajstić information content (AvgIpc) is 3.34. The number of nitrogens with one attached hydrogen (secondary N) is 2. The van der Waals surface area contributed by atoms with Crippen LogP contribution in [0.3, 0.4) is 0 Å². The molecule has 3 heterocycles. The molecule has 0 saturated carbocycles. The number of aromatic nitrogens is 3. The second kappa shape index (κ2) is 10.2. The maximum absolute atomic E-state index is 13.7. The lowest BCUT2D eigenvalue weighted by atomic mass is 10.0. The van der Waals surface area contributed by atoms with Crippen molar-refractivity contribution in [1.29, 1.82) is 0 Å². The van der Waals surface area contributed by atoms with Gasteiger partial charge in [-0.05, 0) is 54.1 Å².